The quantitative estimate of drug-likeness (QED) is 0.881. The number of amides is 1. The second-order valence-electron chi connectivity index (χ2n) is 4.76. The van der Waals surface area contributed by atoms with Gasteiger partial charge in [0.05, 0.1) is 5.02 Å². The fraction of sp³-hybridized carbons (Fsp3) is 0.538. The SMILES string of the molecule is CNc1ccc(Cl)c(C(=O)NCC2CCCN2C)n1. The highest BCUT2D eigenvalue weighted by Gasteiger charge is 2.22. The van der Waals surface area contributed by atoms with Crippen molar-refractivity contribution >= 4 is 23.3 Å². The van der Waals surface area contributed by atoms with Gasteiger partial charge in [-0.2, -0.15) is 0 Å². The van der Waals surface area contributed by atoms with E-state index in [1.165, 1.54) is 6.42 Å². The van der Waals surface area contributed by atoms with Gasteiger partial charge >= 0.3 is 0 Å². The number of hydrogen-bond acceptors (Lipinski definition) is 4. The molecule has 19 heavy (non-hydrogen) atoms. The molecule has 0 aliphatic carbocycles. The maximum absolute atomic E-state index is 12.1. The fourth-order valence-electron chi connectivity index (χ4n) is 2.27. The number of carbonyl (C=O) groups is 1. The van der Waals surface area contributed by atoms with Crippen LogP contribution in [0.2, 0.25) is 5.02 Å². The van der Waals surface area contributed by atoms with Crippen molar-refractivity contribution in [2.24, 2.45) is 0 Å². The first kappa shape index (κ1) is 14.1. The Kier molecular flexibility index (Phi) is 4.61. The molecule has 0 aromatic carbocycles. The van der Waals surface area contributed by atoms with E-state index in [0.717, 1.165) is 13.0 Å². The minimum Gasteiger partial charge on any atom is -0.373 e. The number of carbonyl (C=O) groups excluding carboxylic acids is 1. The predicted octanol–water partition coefficient (Wildman–Crippen LogP) is 1.60. The molecule has 0 saturated carbocycles. The van der Waals surface area contributed by atoms with Gasteiger partial charge in [0.25, 0.3) is 5.91 Å². The molecule has 1 unspecified atom stereocenters. The summed E-state index contributed by atoms with van der Waals surface area (Å²) in [5, 5.41) is 6.18. The molecule has 1 fully saturated rings. The molecule has 2 rings (SSSR count). The van der Waals surface area contributed by atoms with Crippen LogP contribution in [0.3, 0.4) is 0 Å². The number of likely N-dealkylation sites (N-methyl/N-ethyl adjacent to an activating group) is 1. The third-order valence-corrected chi connectivity index (χ3v) is 3.79. The molecule has 5 nitrogen and oxygen atoms in total. The Morgan fingerprint density at radius 2 is 2.37 bits per heavy atom. The van der Waals surface area contributed by atoms with Crippen LogP contribution in [-0.4, -0.2) is 49.0 Å². The van der Waals surface area contributed by atoms with Crippen LogP contribution in [-0.2, 0) is 0 Å². The fourth-order valence-corrected chi connectivity index (χ4v) is 2.46. The summed E-state index contributed by atoms with van der Waals surface area (Å²) in [6, 6.07) is 3.83. The number of halogens is 1. The monoisotopic (exact) mass is 282 g/mol. The van der Waals surface area contributed by atoms with Gasteiger partial charge in [-0.05, 0) is 38.6 Å². The molecule has 2 heterocycles. The van der Waals surface area contributed by atoms with E-state index in [2.05, 4.69) is 27.6 Å². The highest BCUT2D eigenvalue weighted by atomic mass is 35.5. The highest BCUT2D eigenvalue weighted by molar-refractivity contribution is 6.33. The van der Waals surface area contributed by atoms with Gasteiger partial charge in [-0.3, -0.25) is 4.79 Å². The van der Waals surface area contributed by atoms with Crippen LogP contribution < -0.4 is 10.6 Å². The maximum atomic E-state index is 12.1. The topological polar surface area (TPSA) is 57.3 Å². The summed E-state index contributed by atoms with van der Waals surface area (Å²) in [7, 11) is 3.84. The first-order chi connectivity index (χ1) is 9.11. The van der Waals surface area contributed by atoms with E-state index in [4.69, 9.17) is 11.6 Å². The third-order valence-electron chi connectivity index (χ3n) is 3.49. The summed E-state index contributed by atoms with van der Waals surface area (Å²) in [4.78, 5) is 18.5. The van der Waals surface area contributed by atoms with Gasteiger partial charge in [-0.25, -0.2) is 4.98 Å². The summed E-state index contributed by atoms with van der Waals surface area (Å²) >= 11 is 6.01. The molecule has 104 valence electrons. The number of hydrogen-bond donors (Lipinski definition) is 2. The number of nitrogens with zero attached hydrogens (tertiary/aromatic N) is 2. The zero-order valence-electron chi connectivity index (χ0n) is 11.2. The minimum absolute atomic E-state index is 0.220. The molecule has 2 N–H and O–H groups in total. The predicted molar refractivity (Wildman–Crippen MR) is 76.8 cm³/mol. The molecule has 1 aromatic rings. The number of likely N-dealkylation sites (tertiary alicyclic amines) is 1. The first-order valence-corrected chi connectivity index (χ1v) is 6.82. The highest BCUT2D eigenvalue weighted by Crippen LogP contribution is 2.17. The van der Waals surface area contributed by atoms with Crippen molar-refractivity contribution in [1.82, 2.24) is 15.2 Å². The molecule has 1 aromatic heterocycles. The number of pyridine rings is 1. The van der Waals surface area contributed by atoms with Crippen LogP contribution in [0.4, 0.5) is 5.82 Å². The van der Waals surface area contributed by atoms with Crippen LogP contribution in [0.15, 0.2) is 12.1 Å². The Labute approximate surface area is 118 Å². The van der Waals surface area contributed by atoms with Crippen molar-refractivity contribution in [2.45, 2.75) is 18.9 Å². The zero-order chi connectivity index (χ0) is 13.8. The zero-order valence-corrected chi connectivity index (χ0v) is 12.0. The number of anilines is 1. The Morgan fingerprint density at radius 3 is 3.00 bits per heavy atom. The second-order valence-corrected chi connectivity index (χ2v) is 5.17. The summed E-state index contributed by atoms with van der Waals surface area (Å²) in [5.74, 6) is 0.412. The largest absolute Gasteiger partial charge is 0.373 e. The maximum Gasteiger partial charge on any atom is 0.271 e. The van der Waals surface area contributed by atoms with Gasteiger partial charge in [0.15, 0.2) is 0 Å². The van der Waals surface area contributed by atoms with Gasteiger partial charge < -0.3 is 15.5 Å². The van der Waals surface area contributed by atoms with Crippen LogP contribution in [0.5, 0.6) is 0 Å². The normalized spacial score (nSPS) is 19.4. The average Bonchev–Trinajstić information content (AvgIpc) is 2.82. The van der Waals surface area contributed by atoms with Crippen molar-refractivity contribution in [2.75, 3.05) is 32.5 Å². The summed E-state index contributed by atoms with van der Waals surface area (Å²) < 4.78 is 0. The van der Waals surface area contributed by atoms with E-state index in [1.807, 2.05) is 0 Å². The van der Waals surface area contributed by atoms with Gasteiger partial charge in [-0.1, -0.05) is 11.6 Å². The molecule has 0 spiro atoms. The lowest BCUT2D eigenvalue weighted by atomic mass is 10.2. The lowest BCUT2D eigenvalue weighted by Crippen LogP contribution is -2.38. The van der Waals surface area contributed by atoms with E-state index < -0.39 is 0 Å². The lowest BCUT2D eigenvalue weighted by Gasteiger charge is -2.19. The molecular weight excluding hydrogens is 264 g/mol. The summed E-state index contributed by atoms with van der Waals surface area (Å²) in [6.07, 6.45) is 2.31. The number of rotatable bonds is 4. The van der Waals surface area contributed by atoms with Gasteiger partial charge in [0.1, 0.15) is 11.5 Å². The van der Waals surface area contributed by atoms with E-state index in [9.17, 15) is 4.79 Å². The Bertz CT molecular complexity index is 466. The van der Waals surface area contributed by atoms with Crippen molar-refractivity contribution in [3.63, 3.8) is 0 Å². The molecule has 1 aliphatic rings. The molecular formula is C13H19ClN4O. The smallest absolute Gasteiger partial charge is 0.271 e. The standard InChI is InChI=1S/C13H19ClN4O/c1-15-11-6-5-10(14)12(17-11)13(19)16-8-9-4-3-7-18(9)2/h5-6,9H,3-4,7-8H2,1-2H3,(H,15,17)(H,16,19). The third kappa shape index (κ3) is 3.36. The lowest BCUT2D eigenvalue weighted by molar-refractivity contribution is 0.0939. The van der Waals surface area contributed by atoms with Gasteiger partial charge in [0, 0.05) is 19.6 Å². The molecule has 0 bridgehead atoms. The van der Waals surface area contributed by atoms with Crippen molar-refractivity contribution in [3.05, 3.63) is 22.8 Å². The first-order valence-electron chi connectivity index (χ1n) is 6.44. The molecule has 6 heteroatoms. The van der Waals surface area contributed by atoms with Gasteiger partial charge in [-0.15, -0.1) is 0 Å². The second kappa shape index (κ2) is 6.21. The number of aromatic nitrogens is 1. The van der Waals surface area contributed by atoms with E-state index in [0.29, 0.717) is 23.4 Å². The van der Waals surface area contributed by atoms with Crippen LogP contribution in [0.25, 0.3) is 0 Å². The molecule has 1 atom stereocenters. The summed E-state index contributed by atoms with van der Waals surface area (Å²) in [5.41, 5.74) is 0.272. The Morgan fingerprint density at radius 1 is 1.58 bits per heavy atom. The van der Waals surface area contributed by atoms with Crippen LogP contribution in [0.1, 0.15) is 23.3 Å². The Hall–Kier alpha value is -1.33. The summed E-state index contributed by atoms with van der Waals surface area (Å²) in [6.45, 7) is 1.73. The minimum atomic E-state index is -0.220. The molecule has 1 amide bonds. The Balaban J connectivity index is 1.99. The molecule has 0 radical (unpaired) electrons. The average molecular weight is 283 g/mol. The van der Waals surface area contributed by atoms with Gasteiger partial charge in [0.2, 0.25) is 0 Å². The van der Waals surface area contributed by atoms with Crippen molar-refractivity contribution in [3.8, 4) is 0 Å². The van der Waals surface area contributed by atoms with E-state index in [1.54, 1.807) is 19.2 Å². The number of nitrogens with one attached hydrogen (secondary N) is 2. The van der Waals surface area contributed by atoms with E-state index >= 15 is 0 Å². The van der Waals surface area contributed by atoms with Crippen LogP contribution >= 0.6 is 11.6 Å². The van der Waals surface area contributed by atoms with Crippen molar-refractivity contribution < 1.29 is 4.79 Å². The molecule has 1 aliphatic heterocycles. The van der Waals surface area contributed by atoms with Crippen LogP contribution in [0, 0.1) is 0 Å². The van der Waals surface area contributed by atoms with Crippen molar-refractivity contribution in [1.29, 1.82) is 0 Å². The van der Waals surface area contributed by atoms with E-state index in [-0.39, 0.29) is 11.6 Å². The molecule has 1 saturated heterocycles.